The van der Waals surface area contributed by atoms with E-state index in [0.29, 0.717) is 6.54 Å². The van der Waals surface area contributed by atoms with E-state index in [0.717, 1.165) is 31.5 Å². The van der Waals surface area contributed by atoms with Crippen molar-refractivity contribution in [3.8, 4) is 0 Å². The number of rotatable bonds is 6. The van der Waals surface area contributed by atoms with Crippen LogP contribution in [0.4, 0.5) is 0 Å². The van der Waals surface area contributed by atoms with Gasteiger partial charge in [0.25, 0.3) is 5.91 Å². The second kappa shape index (κ2) is 8.69. The highest BCUT2D eigenvalue weighted by Crippen LogP contribution is 2.30. The SMILES string of the molecule is Cc1cccc(Cn2c3c(c(C)c2C(=O)NCCc2ccccc2)CCCC3)c1. The van der Waals surface area contributed by atoms with Crippen molar-refractivity contribution in [1.29, 1.82) is 0 Å². The van der Waals surface area contributed by atoms with Crippen molar-refractivity contribution in [1.82, 2.24) is 9.88 Å². The Hall–Kier alpha value is -2.81. The Morgan fingerprint density at radius 3 is 2.52 bits per heavy atom. The molecule has 1 amide bonds. The molecule has 1 N–H and O–H groups in total. The highest BCUT2D eigenvalue weighted by atomic mass is 16.1. The first kappa shape index (κ1) is 19.5. The standard InChI is InChI=1S/C26H30N2O/c1-19-9-8-12-22(17-19)18-28-24-14-7-6-13-23(24)20(2)25(28)26(29)27-16-15-21-10-4-3-5-11-21/h3-5,8-12,17H,6-7,13-16,18H2,1-2H3,(H,27,29). The first-order valence-electron chi connectivity index (χ1n) is 10.7. The van der Waals surface area contributed by atoms with Crippen LogP contribution in [-0.2, 0) is 25.8 Å². The third-order valence-corrected chi connectivity index (χ3v) is 6.02. The first-order chi connectivity index (χ1) is 14.1. The van der Waals surface area contributed by atoms with Gasteiger partial charge in [-0.2, -0.15) is 0 Å². The number of nitrogens with zero attached hydrogens (tertiary/aromatic N) is 1. The topological polar surface area (TPSA) is 34.0 Å². The van der Waals surface area contributed by atoms with Crippen LogP contribution in [-0.4, -0.2) is 17.0 Å². The van der Waals surface area contributed by atoms with Gasteiger partial charge in [-0.25, -0.2) is 0 Å². The molecule has 1 aliphatic rings. The van der Waals surface area contributed by atoms with Crippen molar-refractivity contribution < 1.29 is 4.79 Å². The fourth-order valence-electron chi connectivity index (χ4n) is 4.58. The van der Waals surface area contributed by atoms with Gasteiger partial charge in [-0.3, -0.25) is 4.79 Å². The number of hydrogen-bond acceptors (Lipinski definition) is 1. The van der Waals surface area contributed by atoms with Gasteiger partial charge < -0.3 is 9.88 Å². The Morgan fingerprint density at radius 2 is 1.72 bits per heavy atom. The number of carbonyl (C=O) groups excluding carboxylic acids is 1. The van der Waals surface area contributed by atoms with Gasteiger partial charge in [0.1, 0.15) is 5.69 Å². The molecular weight excluding hydrogens is 356 g/mol. The highest BCUT2D eigenvalue weighted by Gasteiger charge is 2.26. The molecule has 0 spiro atoms. The van der Waals surface area contributed by atoms with Crippen molar-refractivity contribution in [2.24, 2.45) is 0 Å². The molecule has 1 aromatic heterocycles. The smallest absolute Gasteiger partial charge is 0.268 e. The fourth-order valence-corrected chi connectivity index (χ4v) is 4.58. The summed E-state index contributed by atoms with van der Waals surface area (Å²) >= 11 is 0. The Labute approximate surface area is 173 Å². The third-order valence-electron chi connectivity index (χ3n) is 6.02. The number of hydrogen-bond donors (Lipinski definition) is 1. The minimum atomic E-state index is 0.0560. The molecular formula is C26H30N2O. The normalized spacial score (nSPS) is 13.2. The van der Waals surface area contributed by atoms with Gasteiger partial charge in [0.15, 0.2) is 0 Å². The molecule has 0 saturated carbocycles. The predicted molar refractivity (Wildman–Crippen MR) is 119 cm³/mol. The quantitative estimate of drug-likeness (QED) is 0.635. The lowest BCUT2D eigenvalue weighted by Gasteiger charge is -2.17. The van der Waals surface area contributed by atoms with Crippen LogP contribution in [0.15, 0.2) is 54.6 Å². The zero-order valence-electron chi connectivity index (χ0n) is 17.5. The molecule has 1 heterocycles. The number of nitrogens with one attached hydrogen (secondary N) is 1. The molecule has 1 aliphatic carbocycles. The molecule has 3 aromatic rings. The second-order valence-corrected chi connectivity index (χ2v) is 8.17. The fraction of sp³-hybridized carbons (Fsp3) is 0.346. The van der Waals surface area contributed by atoms with Crippen molar-refractivity contribution in [2.75, 3.05) is 6.54 Å². The van der Waals surface area contributed by atoms with Crippen LogP contribution in [0.3, 0.4) is 0 Å². The van der Waals surface area contributed by atoms with Crippen LogP contribution in [0.5, 0.6) is 0 Å². The molecule has 2 aromatic carbocycles. The summed E-state index contributed by atoms with van der Waals surface area (Å²) in [5.74, 6) is 0.0560. The van der Waals surface area contributed by atoms with Crippen LogP contribution in [0.25, 0.3) is 0 Å². The maximum absolute atomic E-state index is 13.2. The summed E-state index contributed by atoms with van der Waals surface area (Å²) in [5.41, 5.74) is 8.55. The van der Waals surface area contributed by atoms with Crippen molar-refractivity contribution in [3.63, 3.8) is 0 Å². The molecule has 0 aliphatic heterocycles. The molecule has 0 unspecified atom stereocenters. The summed E-state index contributed by atoms with van der Waals surface area (Å²) in [7, 11) is 0. The van der Waals surface area contributed by atoms with Crippen LogP contribution >= 0.6 is 0 Å². The molecule has 4 rings (SSSR count). The lowest BCUT2D eigenvalue weighted by atomic mass is 9.95. The first-order valence-corrected chi connectivity index (χ1v) is 10.7. The number of amides is 1. The van der Waals surface area contributed by atoms with Crippen molar-refractivity contribution in [2.45, 2.75) is 52.5 Å². The van der Waals surface area contributed by atoms with Gasteiger partial charge in [-0.05, 0) is 68.2 Å². The van der Waals surface area contributed by atoms with E-state index in [2.05, 4.69) is 60.1 Å². The number of carbonyl (C=O) groups is 1. The molecule has 150 valence electrons. The summed E-state index contributed by atoms with van der Waals surface area (Å²) in [6.07, 6.45) is 5.44. The summed E-state index contributed by atoms with van der Waals surface area (Å²) in [6.45, 7) is 5.67. The zero-order chi connectivity index (χ0) is 20.2. The molecule has 3 nitrogen and oxygen atoms in total. The van der Waals surface area contributed by atoms with E-state index in [1.807, 2.05) is 18.2 Å². The van der Waals surface area contributed by atoms with Gasteiger partial charge in [0.05, 0.1) is 0 Å². The van der Waals surface area contributed by atoms with Crippen molar-refractivity contribution in [3.05, 3.63) is 93.8 Å². The maximum atomic E-state index is 13.2. The minimum Gasteiger partial charge on any atom is -0.350 e. The van der Waals surface area contributed by atoms with Crippen LogP contribution in [0, 0.1) is 13.8 Å². The van der Waals surface area contributed by atoms with E-state index in [9.17, 15) is 4.79 Å². The third kappa shape index (κ3) is 4.29. The molecule has 0 atom stereocenters. The Kier molecular flexibility index (Phi) is 5.84. The van der Waals surface area contributed by atoms with E-state index in [1.54, 1.807) is 0 Å². The average molecular weight is 387 g/mol. The van der Waals surface area contributed by atoms with E-state index in [-0.39, 0.29) is 5.91 Å². The van der Waals surface area contributed by atoms with Gasteiger partial charge in [0.2, 0.25) is 0 Å². The van der Waals surface area contributed by atoms with E-state index < -0.39 is 0 Å². The number of benzene rings is 2. The Morgan fingerprint density at radius 1 is 0.966 bits per heavy atom. The zero-order valence-corrected chi connectivity index (χ0v) is 17.5. The van der Waals surface area contributed by atoms with Crippen LogP contribution in [0.1, 0.15) is 56.8 Å². The van der Waals surface area contributed by atoms with E-state index in [1.165, 1.54) is 46.4 Å². The number of aryl methyl sites for hydroxylation is 1. The van der Waals surface area contributed by atoms with Gasteiger partial charge in [0, 0.05) is 18.8 Å². The summed E-state index contributed by atoms with van der Waals surface area (Å²) < 4.78 is 2.29. The van der Waals surface area contributed by atoms with Crippen LogP contribution in [0.2, 0.25) is 0 Å². The van der Waals surface area contributed by atoms with E-state index >= 15 is 0 Å². The summed E-state index contributed by atoms with van der Waals surface area (Å²) in [5, 5.41) is 3.18. The van der Waals surface area contributed by atoms with E-state index in [4.69, 9.17) is 0 Å². The molecule has 0 fully saturated rings. The molecule has 0 radical (unpaired) electrons. The van der Waals surface area contributed by atoms with Gasteiger partial charge in [-0.1, -0.05) is 60.2 Å². The number of aromatic nitrogens is 1. The largest absolute Gasteiger partial charge is 0.350 e. The van der Waals surface area contributed by atoms with Gasteiger partial charge >= 0.3 is 0 Å². The Balaban J connectivity index is 1.59. The lowest BCUT2D eigenvalue weighted by molar-refractivity contribution is 0.0944. The molecule has 29 heavy (non-hydrogen) atoms. The number of fused-ring (bicyclic) bond motifs is 1. The van der Waals surface area contributed by atoms with Gasteiger partial charge in [-0.15, -0.1) is 0 Å². The predicted octanol–water partition coefficient (Wildman–Crippen LogP) is 5.00. The summed E-state index contributed by atoms with van der Waals surface area (Å²) in [6, 6.07) is 18.9. The molecule has 0 saturated heterocycles. The van der Waals surface area contributed by atoms with Crippen LogP contribution < -0.4 is 5.32 Å². The average Bonchev–Trinajstić information content (AvgIpc) is 3.01. The summed E-state index contributed by atoms with van der Waals surface area (Å²) in [4.78, 5) is 13.2. The lowest BCUT2D eigenvalue weighted by Crippen LogP contribution is -2.29. The molecule has 3 heteroatoms. The maximum Gasteiger partial charge on any atom is 0.268 e. The second-order valence-electron chi connectivity index (χ2n) is 8.17. The monoisotopic (exact) mass is 386 g/mol. The molecule has 0 bridgehead atoms. The highest BCUT2D eigenvalue weighted by molar-refractivity contribution is 5.95. The van der Waals surface area contributed by atoms with Crippen molar-refractivity contribution >= 4 is 5.91 Å². The Bertz CT molecular complexity index is 1000. The minimum absolute atomic E-state index is 0.0560.